The van der Waals surface area contributed by atoms with Gasteiger partial charge in [0.15, 0.2) is 5.82 Å². The van der Waals surface area contributed by atoms with Gasteiger partial charge in [-0.2, -0.15) is 4.98 Å². The molecule has 1 amide bonds. The van der Waals surface area contributed by atoms with E-state index in [4.69, 9.17) is 5.10 Å². The molecule has 2 N–H and O–H groups in total. The summed E-state index contributed by atoms with van der Waals surface area (Å²) in [7, 11) is 0. The Labute approximate surface area is 201 Å². The molecule has 174 valence electrons. The summed E-state index contributed by atoms with van der Waals surface area (Å²) in [5, 5.41) is 21.9. The Balaban J connectivity index is 1.59. The number of carbonyl (C=O) groups is 1. The van der Waals surface area contributed by atoms with Gasteiger partial charge in [-0.05, 0) is 43.7 Å². The van der Waals surface area contributed by atoms with Gasteiger partial charge in [0.05, 0.1) is 10.5 Å². The van der Waals surface area contributed by atoms with Crippen molar-refractivity contribution in [2.24, 2.45) is 0 Å². The summed E-state index contributed by atoms with van der Waals surface area (Å²) in [6.07, 6.45) is 0. The number of nitrogens with one attached hydrogen (secondary N) is 2. The molecule has 1 aliphatic heterocycles. The average Bonchev–Trinajstić information content (AvgIpc) is 3.27. The number of fused-ring (bicyclic) bond motifs is 1. The van der Waals surface area contributed by atoms with Crippen molar-refractivity contribution in [1.29, 1.82) is 0 Å². The number of hydrogen-bond acceptors (Lipinski definition) is 6. The van der Waals surface area contributed by atoms with Crippen molar-refractivity contribution in [3.8, 4) is 11.4 Å². The van der Waals surface area contributed by atoms with Crippen LogP contribution in [0, 0.1) is 17.0 Å². The van der Waals surface area contributed by atoms with Crippen molar-refractivity contribution in [2.45, 2.75) is 19.9 Å². The van der Waals surface area contributed by atoms with Gasteiger partial charge < -0.3 is 10.6 Å². The van der Waals surface area contributed by atoms with E-state index in [1.54, 1.807) is 16.8 Å². The maximum atomic E-state index is 13.5. The fourth-order valence-electron chi connectivity index (χ4n) is 4.17. The molecular formula is C26H22N6O3. The molecule has 5 rings (SSSR count). The van der Waals surface area contributed by atoms with Crippen LogP contribution in [0.3, 0.4) is 0 Å². The summed E-state index contributed by atoms with van der Waals surface area (Å²) in [6, 6.07) is 22.8. The number of anilines is 2. The predicted molar refractivity (Wildman–Crippen MR) is 133 cm³/mol. The molecule has 4 aromatic rings. The third-order valence-electron chi connectivity index (χ3n) is 5.82. The molecule has 35 heavy (non-hydrogen) atoms. The summed E-state index contributed by atoms with van der Waals surface area (Å²) in [5.41, 5.74) is 4.45. The average molecular weight is 467 g/mol. The minimum absolute atomic E-state index is 0.00846. The highest BCUT2D eigenvalue weighted by molar-refractivity contribution is 6.06. The van der Waals surface area contributed by atoms with Gasteiger partial charge in [-0.1, -0.05) is 48.0 Å². The number of allylic oxidation sites excluding steroid dienone is 1. The van der Waals surface area contributed by atoms with Crippen molar-refractivity contribution < 1.29 is 9.72 Å². The van der Waals surface area contributed by atoms with Crippen LogP contribution < -0.4 is 10.6 Å². The molecule has 0 saturated carbocycles. The molecule has 0 radical (unpaired) electrons. The summed E-state index contributed by atoms with van der Waals surface area (Å²) in [6.45, 7) is 3.84. The SMILES string of the molecule is CC1=C(C(=O)Nc2ccccc2)C(c2cccc(C)c2)n2nc(-c3ccc([N+](=O)[O-])cc3)nc2N1. The lowest BCUT2D eigenvalue weighted by Crippen LogP contribution is -2.31. The third-order valence-corrected chi connectivity index (χ3v) is 5.82. The zero-order chi connectivity index (χ0) is 24.5. The molecule has 1 unspecified atom stereocenters. The van der Waals surface area contributed by atoms with Crippen molar-refractivity contribution in [1.82, 2.24) is 14.8 Å². The van der Waals surface area contributed by atoms with Gasteiger partial charge in [-0.15, -0.1) is 5.10 Å². The highest BCUT2D eigenvalue weighted by Crippen LogP contribution is 2.37. The van der Waals surface area contributed by atoms with E-state index >= 15 is 0 Å². The van der Waals surface area contributed by atoms with Gasteiger partial charge in [0.2, 0.25) is 5.95 Å². The van der Waals surface area contributed by atoms with Crippen LogP contribution in [-0.2, 0) is 4.79 Å². The van der Waals surface area contributed by atoms with E-state index in [1.807, 2.05) is 68.4 Å². The molecule has 3 aromatic carbocycles. The highest BCUT2D eigenvalue weighted by atomic mass is 16.6. The standard InChI is InChI=1S/C26H22N6O3/c1-16-7-6-8-19(15-16)23-22(25(33)28-20-9-4-3-5-10-20)17(2)27-26-29-24(30-31(23)26)18-11-13-21(14-12-18)32(34)35/h3-15,23H,1-2H3,(H,28,33)(H,27,29,30). The second-order valence-corrected chi connectivity index (χ2v) is 8.31. The number of amides is 1. The number of nitrogens with zero attached hydrogens (tertiary/aromatic N) is 4. The number of para-hydroxylation sites is 1. The molecule has 1 aromatic heterocycles. The number of hydrogen-bond donors (Lipinski definition) is 2. The Hall–Kier alpha value is -4.79. The Morgan fingerprint density at radius 2 is 1.77 bits per heavy atom. The van der Waals surface area contributed by atoms with Gasteiger partial charge >= 0.3 is 0 Å². The molecule has 0 fully saturated rings. The predicted octanol–water partition coefficient (Wildman–Crippen LogP) is 5.09. The molecule has 0 spiro atoms. The van der Waals surface area contributed by atoms with E-state index in [9.17, 15) is 14.9 Å². The second kappa shape index (κ2) is 8.86. The Kier molecular flexibility index (Phi) is 5.58. The molecule has 9 nitrogen and oxygen atoms in total. The minimum atomic E-state index is -0.519. The van der Waals surface area contributed by atoms with Crippen LogP contribution in [0.5, 0.6) is 0 Å². The number of carbonyl (C=O) groups excluding carboxylic acids is 1. The number of aromatic nitrogens is 3. The van der Waals surface area contributed by atoms with Crippen molar-refractivity contribution in [3.63, 3.8) is 0 Å². The van der Waals surface area contributed by atoms with Crippen molar-refractivity contribution in [2.75, 3.05) is 10.6 Å². The maximum Gasteiger partial charge on any atom is 0.269 e. The number of benzene rings is 3. The van der Waals surface area contributed by atoms with Crippen molar-refractivity contribution in [3.05, 3.63) is 111 Å². The molecule has 9 heteroatoms. The van der Waals surface area contributed by atoms with E-state index in [0.717, 1.165) is 11.1 Å². The fourth-order valence-corrected chi connectivity index (χ4v) is 4.17. The van der Waals surface area contributed by atoms with Gasteiger partial charge in [0.1, 0.15) is 6.04 Å². The summed E-state index contributed by atoms with van der Waals surface area (Å²) in [4.78, 5) is 28.7. The first-order valence-corrected chi connectivity index (χ1v) is 11.0. The number of nitro benzene ring substituents is 1. The third kappa shape index (κ3) is 4.26. The monoisotopic (exact) mass is 466 g/mol. The second-order valence-electron chi connectivity index (χ2n) is 8.31. The smallest absolute Gasteiger partial charge is 0.269 e. The molecule has 0 bridgehead atoms. The molecule has 0 aliphatic carbocycles. The highest BCUT2D eigenvalue weighted by Gasteiger charge is 2.34. The molecule has 0 saturated heterocycles. The molecule has 1 atom stereocenters. The summed E-state index contributed by atoms with van der Waals surface area (Å²) >= 11 is 0. The van der Waals surface area contributed by atoms with E-state index in [2.05, 4.69) is 15.6 Å². The van der Waals surface area contributed by atoms with Crippen molar-refractivity contribution >= 4 is 23.2 Å². The van der Waals surface area contributed by atoms with Crippen LogP contribution in [0.2, 0.25) is 0 Å². The Morgan fingerprint density at radius 3 is 2.46 bits per heavy atom. The minimum Gasteiger partial charge on any atom is -0.328 e. The quantitative estimate of drug-likeness (QED) is 0.313. The topological polar surface area (TPSA) is 115 Å². The van der Waals surface area contributed by atoms with Crippen LogP contribution in [0.1, 0.15) is 24.1 Å². The van der Waals surface area contributed by atoms with Gasteiger partial charge in [-0.25, -0.2) is 4.68 Å². The summed E-state index contributed by atoms with van der Waals surface area (Å²) < 4.78 is 1.69. The lowest BCUT2D eigenvalue weighted by molar-refractivity contribution is -0.384. The maximum absolute atomic E-state index is 13.5. The van der Waals surface area contributed by atoms with Crippen LogP contribution >= 0.6 is 0 Å². The summed E-state index contributed by atoms with van der Waals surface area (Å²) in [5.74, 6) is 0.641. The number of rotatable bonds is 5. The van der Waals surface area contributed by atoms with E-state index in [1.165, 1.54) is 12.1 Å². The van der Waals surface area contributed by atoms with Gasteiger partial charge in [0, 0.05) is 29.1 Å². The van der Waals surface area contributed by atoms with Gasteiger partial charge in [-0.3, -0.25) is 14.9 Å². The lowest BCUT2D eigenvalue weighted by atomic mass is 9.94. The van der Waals surface area contributed by atoms with E-state index in [0.29, 0.717) is 34.3 Å². The number of nitro groups is 1. The molecule has 1 aliphatic rings. The first kappa shape index (κ1) is 22.0. The Bertz CT molecular complexity index is 1460. The van der Waals surface area contributed by atoms with E-state index < -0.39 is 11.0 Å². The van der Waals surface area contributed by atoms with Crippen LogP contribution in [0.4, 0.5) is 17.3 Å². The molecular weight excluding hydrogens is 444 g/mol. The number of non-ortho nitro benzene ring substituents is 1. The normalized spacial score (nSPS) is 14.7. The van der Waals surface area contributed by atoms with Crippen LogP contribution in [0.25, 0.3) is 11.4 Å². The zero-order valence-corrected chi connectivity index (χ0v) is 19.1. The fraction of sp³-hybridized carbons (Fsp3) is 0.115. The van der Waals surface area contributed by atoms with Crippen LogP contribution in [0.15, 0.2) is 90.1 Å². The molecule has 2 heterocycles. The Morgan fingerprint density at radius 1 is 1.03 bits per heavy atom. The first-order chi connectivity index (χ1) is 16.9. The first-order valence-electron chi connectivity index (χ1n) is 11.0. The largest absolute Gasteiger partial charge is 0.328 e. The number of aryl methyl sites for hydroxylation is 1. The zero-order valence-electron chi connectivity index (χ0n) is 19.1. The van der Waals surface area contributed by atoms with E-state index in [-0.39, 0.29) is 11.6 Å². The van der Waals surface area contributed by atoms with Gasteiger partial charge in [0.25, 0.3) is 11.6 Å². The lowest BCUT2D eigenvalue weighted by Gasteiger charge is -2.29. The van der Waals surface area contributed by atoms with Crippen LogP contribution in [-0.4, -0.2) is 25.6 Å².